The second kappa shape index (κ2) is 10.7. The van der Waals surface area contributed by atoms with E-state index >= 15 is 0 Å². The lowest BCUT2D eigenvalue weighted by Crippen LogP contribution is -2.71. The number of esters is 2. The Morgan fingerprint density at radius 3 is 2.42 bits per heavy atom. The van der Waals surface area contributed by atoms with Crippen molar-refractivity contribution in [1.29, 1.82) is 0 Å². The number of nitrogens with zero attached hydrogens (tertiary/aromatic N) is 1. The Bertz CT molecular complexity index is 1590. The Kier molecular flexibility index (Phi) is 7.75. The SMILES string of the molecule is CC(=O)O[C@H]1CC[C@@]2(C)C(C[C@H](OC(C)=O)[C@@]3(C)Oc4cc(-c5cccnc5)oc(=O)c4C(O)C23)[C@]1(C)COS(C)(=O)=O. The smallest absolute Gasteiger partial charge is 0.345 e. The summed E-state index contributed by atoms with van der Waals surface area (Å²) < 4.78 is 53.4. The lowest BCUT2D eigenvalue weighted by atomic mass is 9.42. The zero-order valence-electron chi connectivity index (χ0n) is 25.0. The highest BCUT2D eigenvalue weighted by atomic mass is 32.2. The summed E-state index contributed by atoms with van der Waals surface area (Å²) in [6, 6.07) is 4.94. The minimum Gasteiger partial charge on any atom is -0.482 e. The van der Waals surface area contributed by atoms with Gasteiger partial charge < -0.3 is 23.7 Å². The van der Waals surface area contributed by atoms with E-state index in [1.54, 1.807) is 32.2 Å². The maximum atomic E-state index is 13.4. The highest BCUT2D eigenvalue weighted by molar-refractivity contribution is 7.85. The van der Waals surface area contributed by atoms with E-state index in [0.717, 1.165) is 6.26 Å². The topological polar surface area (TPSA) is 169 Å². The molecule has 2 aromatic rings. The number of carbonyl (C=O) groups excluding carboxylic acids is 2. The van der Waals surface area contributed by atoms with Gasteiger partial charge in [0.25, 0.3) is 10.1 Å². The first-order valence-electron chi connectivity index (χ1n) is 14.1. The Balaban J connectivity index is 1.67. The fourth-order valence-corrected chi connectivity index (χ4v) is 8.48. The van der Waals surface area contributed by atoms with Crippen LogP contribution < -0.4 is 10.4 Å². The van der Waals surface area contributed by atoms with Gasteiger partial charge in [-0.2, -0.15) is 8.42 Å². The molecule has 43 heavy (non-hydrogen) atoms. The second-order valence-corrected chi connectivity index (χ2v) is 14.3. The van der Waals surface area contributed by atoms with Crippen LogP contribution in [0.5, 0.6) is 5.75 Å². The van der Waals surface area contributed by atoms with Crippen LogP contribution in [0.4, 0.5) is 0 Å². The molecular formula is C30H37NO11S. The molecule has 2 fully saturated rings. The van der Waals surface area contributed by atoms with Crippen LogP contribution in [0, 0.1) is 22.7 Å². The first-order chi connectivity index (χ1) is 20.0. The zero-order chi connectivity index (χ0) is 31.5. The van der Waals surface area contributed by atoms with E-state index in [9.17, 15) is 27.9 Å². The van der Waals surface area contributed by atoms with Crippen LogP contribution >= 0.6 is 0 Å². The van der Waals surface area contributed by atoms with Crippen molar-refractivity contribution in [2.45, 2.75) is 77.8 Å². The molecule has 3 aliphatic rings. The number of hydrogen-bond donors (Lipinski definition) is 1. The van der Waals surface area contributed by atoms with Crippen LogP contribution in [-0.2, 0) is 33.4 Å². The molecule has 13 heteroatoms. The van der Waals surface area contributed by atoms with Gasteiger partial charge in [0.15, 0.2) is 0 Å². The molecule has 1 N–H and O–H groups in total. The first kappa shape index (κ1) is 31.1. The summed E-state index contributed by atoms with van der Waals surface area (Å²) in [5, 5.41) is 12.1. The van der Waals surface area contributed by atoms with Gasteiger partial charge >= 0.3 is 17.6 Å². The minimum atomic E-state index is -3.88. The fraction of sp³-hybridized carbons (Fsp3) is 0.600. The van der Waals surface area contributed by atoms with Crippen molar-refractivity contribution in [2.24, 2.45) is 22.7 Å². The first-order valence-corrected chi connectivity index (χ1v) is 16.0. The van der Waals surface area contributed by atoms with Crippen molar-refractivity contribution >= 4 is 22.1 Å². The molecule has 3 heterocycles. The number of carbonyl (C=O) groups is 2. The van der Waals surface area contributed by atoms with Gasteiger partial charge in [-0.3, -0.25) is 18.8 Å². The number of aromatic nitrogens is 1. The van der Waals surface area contributed by atoms with Gasteiger partial charge in [0.1, 0.15) is 34.9 Å². The van der Waals surface area contributed by atoms with Gasteiger partial charge in [-0.25, -0.2) is 4.79 Å². The molecule has 8 atom stereocenters. The largest absolute Gasteiger partial charge is 0.482 e. The van der Waals surface area contributed by atoms with E-state index in [-0.39, 0.29) is 30.1 Å². The van der Waals surface area contributed by atoms with Crippen LogP contribution in [0.15, 0.2) is 39.8 Å². The Labute approximate surface area is 249 Å². The third kappa shape index (κ3) is 5.35. The normalized spacial score (nSPS) is 35.0. The Morgan fingerprint density at radius 2 is 1.81 bits per heavy atom. The molecule has 2 saturated carbocycles. The molecule has 3 unspecified atom stereocenters. The molecule has 5 rings (SSSR count). The molecular weight excluding hydrogens is 582 g/mol. The molecule has 12 nitrogen and oxygen atoms in total. The number of hydrogen-bond acceptors (Lipinski definition) is 12. The molecule has 0 saturated heterocycles. The van der Waals surface area contributed by atoms with Crippen LogP contribution in [0.3, 0.4) is 0 Å². The van der Waals surface area contributed by atoms with E-state index in [4.69, 9.17) is 22.8 Å². The molecule has 234 valence electrons. The summed E-state index contributed by atoms with van der Waals surface area (Å²) in [4.78, 5) is 42.1. The Morgan fingerprint density at radius 1 is 1.14 bits per heavy atom. The van der Waals surface area contributed by atoms with Crippen LogP contribution in [0.1, 0.15) is 65.5 Å². The molecule has 0 radical (unpaired) electrons. The quantitative estimate of drug-likeness (QED) is 0.371. The van der Waals surface area contributed by atoms with Gasteiger partial charge in [0, 0.05) is 49.2 Å². The summed E-state index contributed by atoms with van der Waals surface area (Å²) >= 11 is 0. The van der Waals surface area contributed by atoms with Crippen LogP contribution in [-0.4, -0.2) is 61.1 Å². The Hall–Kier alpha value is -3.29. The predicted octanol–water partition coefficient (Wildman–Crippen LogP) is 3.17. The van der Waals surface area contributed by atoms with Crippen LogP contribution in [0.2, 0.25) is 0 Å². The van der Waals surface area contributed by atoms with Gasteiger partial charge in [0.2, 0.25) is 0 Å². The van der Waals surface area contributed by atoms with Crippen molar-refractivity contribution in [2.75, 3.05) is 12.9 Å². The maximum absolute atomic E-state index is 13.4. The summed E-state index contributed by atoms with van der Waals surface area (Å²) in [7, 11) is -3.88. The number of aliphatic hydroxyl groups is 1. The fourth-order valence-electron chi connectivity index (χ4n) is 8.01. The highest BCUT2D eigenvalue weighted by Crippen LogP contribution is 2.67. The van der Waals surface area contributed by atoms with Gasteiger partial charge in [-0.15, -0.1) is 0 Å². The van der Waals surface area contributed by atoms with Crippen molar-refractivity contribution in [1.82, 2.24) is 4.98 Å². The van der Waals surface area contributed by atoms with Crippen molar-refractivity contribution in [3.05, 3.63) is 46.6 Å². The number of rotatable bonds is 6. The van der Waals surface area contributed by atoms with Gasteiger partial charge in [-0.1, -0.05) is 13.8 Å². The average Bonchev–Trinajstić information content (AvgIpc) is 2.90. The third-order valence-electron chi connectivity index (χ3n) is 9.73. The summed E-state index contributed by atoms with van der Waals surface area (Å²) in [6.45, 7) is 7.70. The number of aliphatic hydroxyl groups excluding tert-OH is 1. The van der Waals surface area contributed by atoms with E-state index in [2.05, 4.69) is 4.98 Å². The number of ether oxygens (including phenoxy) is 3. The summed E-state index contributed by atoms with van der Waals surface area (Å²) in [5.41, 5.74) is -3.53. The van der Waals surface area contributed by atoms with Crippen molar-refractivity contribution in [3.63, 3.8) is 0 Å². The molecule has 2 aromatic heterocycles. The molecule has 1 aliphatic heterocycles. The maximum Gasteiger partial charge on any atom is 0.345 e. The predicted molar refractivity (Wildman–Crippen MR) is 151 cm³/mol. The van der Waals surface area contributed by atoms with Crippen LogP contribution in [0.25, 0.3) is 11.3 Å². The summed E-state index contributed by atoms with van der Waals surface area (Å²) in [5.74, 6) is -2.14. The minimum absolute atomic E-state index is 0.0604. The van der Waals surface area contributed by atoms with Gasteiger partial charge in [-0.05, 0) is 49.7 Å². The third-order valence-corrected chi connectivity index (χ3v) is 10.3. The molecule has 0 aromatic carbocycles. The number of fused-ring (bicyclic) bond motifs is 4. The lowest BCUT2D eigenvalue weighted by molar-refractivity contribution is -0.269. The number of pyridine rings is 1. The van der Waals surface area contributed by atoms with Gasteiger partial charge in [0.05, 0.1) is 19.0 Å². The molecule has 0 amide bonds. The zero-order valence-corrected chi connectivity index (χ0v) is 25.8. The van der Waals surface area contributed by atoms with E-state index in [0.29, 0.717) is 18.4 Å². The molecule has 2 aliphatic carbocycles. The van der Waals surface area contributed by atoms with E-state index < -0.39 is 74.3 Å². The monoisotopic (exact) mass is 619 g/mol. The van der Waals surface area contributed by atoms with Crippen molar-refractivity contribution < 1.29 is 45.9 Å². The van der Waals surface area contributed by atoms with E-state index in [1.165, 1.54) is 26.1 Å². The highest BCUT2D eigenvalue weighted by Gasteiger charge is 2.70. The standard InChI is InChI=1S/C30H37NO11S/c1-16(32)39-22-9-10-28(3)21(29(22,4)15-38-43(6,36)37)13-23(40-17(2)33)30(5)26(28)25(34)24-20(42-30)12-19(41-27(24)35)18-8-7-11-31-14-18/h7-8,11-12,14,21-23,25-26,34H,9-10,13,15H2,1-6H3/t21?,22-,23-,25?,26?,28-,29-,30+/m0/s1. The van der Waals surface area contributed by atoms with E-state index in [1.807, 2.05) is 6.92 Å². The lowest BCUT2D eigenvalue weighted by Gasteiger charge is -2.66. The van der Waals surface area contributed by atoms with Crippen molar-refractivity contribution in [3.8, 4) is 17.1 Å². The molecule has 0 spiro atoms. The molecule has 0 bridgehead atoms. The second-order valence-electron chi connectivity index (χ2n) is 12.6. The average molecular weight is 620 g/mol. The summed E-state index contributed by atoms with van der Waals surface area (Å²) in [6.07, 6.45) is 1.93.